The molecule has 0 spiro atoms. The van der Waals surface area contributed by atoms with E-state index in [2.05, 4.69) is 33.7 Å². The Morgan fingerprint density at radius 2 is 2.28 bits per heavy atom. The third-order valence-corrected chi connectivity index (χ3v) is 2.71. The molecule has 0 saturated carbocycles. The number of nitrogens with one attached hydrogen (secondary N) is 1. The maximum Gasteiger partial charge on any atom is 0.188 e. The van der Waals surface area contributed by atoms with E-state index >= 15 is 0 Å². The molecule has 0 unspecified atom stereocenters. The van der Waals surface area contributed by atoms with Gasteiger partial charge in [0.1, 0.15) is 5.75 Å². The van der Waals surface area contributed by atoms with Crippen LogP contribution in [0.15, 0.2) is 24.3 Å². The highest BCUT2D eigenvalue weighted by molar-refractivity contribution is 5.30. The van der Waals surface area contributed by atoms with E-state index in [4.69, 9.17) is 4.74 Å². The van der Waals surface area contributed by atoms with Crippen molar-refractivity contribution in [3.05, 3.63) is 35.7 Å². The normalized spacial score (nSPS) is 12.4. The Morgan fingerprint density at radius 1 is 1.44 bits per heavy atom. The van der Waals surface area contributed by atoms with Crippen molar-refractivity contribution < 1.29 is 4.74 Å². The first-order chi connectivity index (χ1) is 8.69. The molecule has 6 nitrogen and oxygen atoms in total. The molecule has 1 atom stereocenters. The van der Waals surface area contributed by atoms with Gasteiger partial charge in [0.25, 0.3) is 0 Å². The monoisotopic (exact) mass is 247 g/mol. The highest BCUT2D eigenvalue weighted by Gasteiger charge is 2.07. The van der Waals surface area contributed by atoms with E-state index in [0.29, 0.717) is 12.4 Å². The average Bonchev–Trinajstić information content (AvgIpc) is 2.82. The molecule has 0 bridgehead atoms. The van der Waals surface area contributed by atoms with E-state index in [-0.39, 0.29) is 6.04 Å². The third kappa shape index (κ3) is 3.04. The minimum absolute atomic E-state index is 0.198. The molecule has 1 aromatic heterocycles. The Hall–Kier alpha value is -1.95. The molecule has 18 heavy (non-hydrogen) atoms. The lowest BCUT2D eigenvalue weighted by Crippen LogP contribution is -2.19. The Labute approximate surface area is 106 Å². The van der Waals surface area contributed by atoms with Gasteiger partial charge in [0.2, 0.25) is 0 Å². The van der Waals surface area contributed by atoms with Crippen LogP contribution in [0, 0.1) is 0 Å². The number of ether oxygens (including phenoxy) is 1. The molecule has 2 aromatic rings. The van der Waals surface area contributed by atoms with Crippen molar-refractivity contribution in [3.63, 3.8) is 0 Å². The summed E-state index contributed by atoms with van der Waals surface area (Å²) in [6, 6.07) is 8.18. The first-order valence-electron chi connectivity index (χ1n) is 5.79. The predicted molar refractivity (Wildman–Crippen MR) is 67.0 cm³/mol. The van der Waals surface area contributed by atoms with E-state index in [1.807, 2.05) is 18.2 Å². The van der Waals surface area contributed by atoms with Crippen LogP contribution in [0.3, 0.4) is 0 Å². The lowest BCUT2D eigenvalue weighted by Gasteiger charge is -2.13. The number of hydrogen-bond donors (Lipinski definition) is 1. The van der Waals surface area contributed by atoms with Gasteiger partial charge in [0.15, 0.2) is 5.82 Å². The fourth-order valence-corrected chi connectivity index (χ4v) is 1.67. The Bertz CT molecular complexity index is 511. The Balaban J connectivity index is 1.96. The molecule has 0 saturated heterocycles. The van der Waals surface area contributed by atoms with Crippen molar-refractivity contribution in [1.82, 2.24) is 25.5 Å². The Morgan fingerprint density at radius 3 is 2.94 bits per heavy atom. The second-order valence-electron chi connectivity index (χ2n) is 4.07. The lowest BCUT2D eigenvalue weighted by molar-refractivity contribution is 0.413. The lowest BCUT2D eigenvalue weighted by atomic mass is 10.1. The summed E-state index contributed by atoms with van der Waals surface area (Å²) in [6.45, 7) is 2.68. The van der Waals surface area contributed by atoms with Gasteiger partial charge in [-0.05, 0) is 29.8 Å². The van der Waals surface area contributed by atoms with Crippen LogP contribution in [0.25, 0.3) is 0 Å². The van der Waals surface area contributed by atoms with Crippen molar-refractivity contribution in [2.45, 2.75) is 19.5 Å². The van der Waals surface area contributed by atoms with Gasteiger partial charge in [0.05, 0.1) is 20.7 Å². The first-order valence-corrected chi connectivity index (χ1v) is 5.79. The molecule has 1 aromatic carbocycles. The van der Waals surface area contributed by atoms with Gasteiger partial charge in [-0.2, -0.15) is 4.80 Å². The van der Waals surface area contributed by atoms with Crippen LogP contribution in [0.2, 0.25) is 0 Å². The SMILES string of the molecule is COc1cccc([C@H](C)NCc2nnn(C)n2)c1. The number of nitrogens with zero attached hydrogens (tertiary/aromatic N) is 4. The Kier molecular flexibility index (Phi) is 3.88. The van der Waals surface area contributed by atoms with Crippen molar-refractivity contribution in [2.75, 3.05) is 7.11 Å². The van der Waals surface area contributed by atoms with Gasteiger partial charge in [0, 0.05) is 6.04 Å². The fraction of sp³-hybridized carbons (Fsp3) is 0.417. The van der Waals surface area contributed by atoms with Gasteiger partial charge in [-0.1, -0.05) is 12.1 Å². The quantitative estimate of drug-likeness (QED) is 0.856. The van der Waals surface area contributed by atoms with E-state index in [0.717, 1.165) is 5.75 Å². The topological polar surface area (TPSA) is 64.9 Å². The van der Waals surface area contributed by atoms with Crippen LogP contribution in [0.1, 0.15) is 24.4 Å². The largest absolute Gasteiger partial charge is 0.497 e. The molecule has 2 rings (SSSR count). The summed E-state index contributed by atoms with van der Waals surface area (Å²) >= 11 is 0. The van der Waals surface area contributed by atoms with Crippen LogP contribution in [0.5, 0.6) is 5.75 Å². The molecular formula is C12H17N5O. The molecular weight excluding hydrogens is 230 g/mol. The van der Waals surface area contributed by atoms with Crippen molar-refractivity contribution in [3.8, 4) is 5.75 Å². The molecule has 0 radical (unpaired) electrons. The number of aryl methyl sites for hydroxylation is 1. The number of tetrazole rings is 1. The van der Waals surface area contributed by atoms with Crippen molar-refractivity contribution in [1.29, 1.82) is 0 Å². The number of methoxy groups -OCH3 is 1. The molecule has 1 heterocycles. The molecule has 0 aliphatic heterocycles. The van der Waals surface area contributed by atoms with E-state index in [9.17, 15) is 0 Å². The molecule has 96 valence electrons. The average molecular weight is 247 g/mol. The second-order valence-corrected chi connectivity index (χ2v) is 4.07. The molecule has 0 amide bonds. The highest BCUT2D eigenvalue weighted by Crippen LogP contribution is 2.18. The van der Waals surface area contributed by atoms with Crippen LogP contribution >= 0.6 is 0 Å². The zero-order chi connectivity index (χ0) is 13.0. The van der Waals surface area contributed by atoms with Gasteiger partial charge >= 0.3 is 0 Å². The second kappa shape index (κ2) is 5.59. The van der Waals surface area contributed by atoms with Gasteiger partial charge in [-0.15, -0.1) is 10.2 Å². The summed E-state index contributed by atoms with van der Waals surface area (Å²) in [6.07, 6.45) is 0. The smallest absolute Gasteiger partial charge is 0.188 e. The summed E-state index contributed by atoms with van der Waals surface area (Å²) in [7, 11) is 3.42. The molecule has 0 fully saturated rings. The van der Waals surface area contributed by atoms with Crippen LogP contribution < -0.4 is 10.1 Å². The summed E-state index contributed by atoms with van der Waals surface area (Å²) < 4.78 is 5.21. The molecule has 0 aliphatic rings. The van der Waals surface area contributed by atoms with E-state index in [1.165, 1.54) is 10.4 Å². The van der Waals surface area contributed by atoms with Gasteiger partial charge in [-0.25, -0.2) is 0 Å². The number of hydrogen-bond acceptors (Lipinski definition) is 5. The van der Waals surface area contributed by atoms with Gasteiger partial charge in [-0.3, -0.25) is 0 Å². The summed E-state index contributed by atoms with van der Waals surface area (Å²) in [5.41, 5.74) is 1.17. The van der Waals surface area contributed by atoms with Crippen molar-refractivity contribution in [2.24, 2.45) is 7.05 Å². The molecule has 1 N–H and O–H groups in total. The minimum Gasteiger partial charge on any atom is -0.497 e. The zero-order valence-corrected chi connectivity index (χ0v) is 10.8. The summed E-state index contributed by atoms with van der Waals surface area (Å²) in [4.78, 5) is 1.45. The van der Waals surface area contributed by atoms with E-state index in [1.54, 1.807) is 14.2 Å². The molecule has 0 aliphatic carbocycles. The minimum atomic E-state index is 0.198. The van der Waals surface area contributed by atoms with Crippen LogP contribution in [0.4, 0.5) is 0 Å². The van der Waals surface area contributed by atoms with Crippen LogP contribution in [-0.4, -0.2) is 27.3 Å². The molecule has 6 heteroatoms. The predicted octanol–water partition coefficient (Wildman–Crippen LogP) is 1.07. The standard InChI is InChI=1S/C12H17N5O/c1-9(10-5-4-6-11(7-10)18-3)13-8-12-14-16-17(2)15-12/h4-7,9,13H,8H2,1-3H3/t9-/m0/s1. The maximum absolute atomic E-state index is 5.21. The summed E-state index contributed by atoms with van der Waals surface area (Å²) in [5.74, 6) is 1.55. The van der Waals surface area contributed by atoms with Gasteiger partial charge < -0.3 is 10.1 Å². The zero-order valence-electron chi connectivity index (χ0n) is 10.8. The van der Waals surface area contributed by atoms with E-state index < -0.39 is 0 Å². The highest BCUT2D eigenvalue weighted by atomic mass is 16.5. The first kappa shape index (κ1) is 12.5. The van der Waals surface area contributed by atoms with Crippen LogP contribution in [-0.2, 0) is 13.6 Å². The third-order valence-electron chi connectivity index (χ3n) is 2.71. The fourth-order valence-electron chi connectivity index (χ4n) is 1.67. The number of benzene rings is 1. The van der Waals surface area contributed by atoms with Crippen molar-refractivity contribution >= 4 is 0 Å². The maximum atomic E-state index is 5.21. The number of aromatic nitrogens is 4. The number of rotatable bonds is 5. The summed E-state index contributed by atoms with van der Waals surface area (Å²) in [5, 5.41) is 15.2.